The summed E-state index contributed by atoms with van der Waals surface area (Å²) < 4.78 is 1.68. The zero-order valence-corrected chi connectivity index (χ0v) is 20.5. The smallest absolute Gasteiger partial charge is 0.291 e. The molecular formula is C26H27N6O2S+. The summed E-state index contributed by atoms with van der Waals surface area (Å²) in [6.07, 6.45) is 4.32. The molecule has 1 amide bonds. The van der Waals surface area contributed by atoms with E-state index in [1.165, 1.54) is 18.7 Å². The van der Waals surface area contributed by atoms with Crippen LogP contribution in [-0.2, 0) is 4.79 Å². The number of thioether (sulfide) groups is 1. The minimum Gasteiger partial charge on any atom is -0.291 e. The molecule has 1 atom stereocenters. The molecule has 0 bridgehead atoms. The molecule has 0 spiro atoms. The number of hydrogen-bond acceptors (Lipinski definition) is 5. The number of aromatic nitrogens is 5. The van der Waals surface area contributed by atoms with E-state index in [9.17, 15) is 9.59 Å². The summed E-state index contributed by atoms with van der Waals surface area (Å²) in [6.45, 7) is 3.69. The molecule has 0 saturated heterocycles. The third-order valence-corrected chi connectivity index (χ3v) is 7.04. The molecular weight excluding hydrogens is 460 g/mol. The standard InChI is InChI=1S/C26H26N6O2S/c1-3-4-10-15-35-26-28-24(34)23-19-13-8-9-14-21(19)31(17(2)33)25(32(23)30-26)20-16-27-29-22(20)18-11-6-5-7-12-18/h5-9,11-14,16,25H,3-4,10,15H2,1-2H3,(H-,27,28,29,30,34)/p+1. The maximum Gasteiger partial charge on any atom is 0.325 e. The molecule has 35 heavy (non-hydrogen) atoms. The summed E-state index contributed by atoms with van der Waals surface area (Å²) >= 11 is 1.52. The lowest BCUT2D eigenvalue weighted by Crippen LogP contribution is -2.60. The number of para-hydroxylation sites is 1. The van der Waals surface area contributed by atoms with Gasteiger partial charge in [-0.25, -0.2) is 4.90 Å². The van der Waals surface area contributed by atoms with Gasteiger partial charge < -0.3 is 0 Å². The third kappa shape index (κ3) is 4.27. The Hall–Kier alpha value is -3.72. The molecule has 0 aliphatic carbocycles. The third-order valence-electron chi connectivity index (χ3n) is 6.09. The fourth-order valence-electron chi connectivity index (χ4n) is 4.51. The number of nitrogens with zero attached hydrogens (tertiary/aromatic N) is 4. The Morgan fingerprint density at radius 1 is 1.11 bits per heavy atom. The molecule has 0 radical (unpaired) electrons. The first-order valence-corrected chi connectivity index (χ1v) is 12.8. The lowest BCUT2D eigenvalue weighted by Gasteiger charge is -2.31. The minimum atomic E-state index is -0.677. The van der Waals surface area contributed by atoms with Crippen molar-refractivity contribution >= 4 is 23.4 Å². The van der Waals surface area contributed by atoms with Crippen molar-refractivity contribution in [1.82, 2.24) is 20.3 Å². The van der Waals surface area contributed by atoms with Gasteiger partial charge in [-0.05, 0) is 23.2 Å². The fourth-order valence-corrected chi connectivity index (χ4v) is 5.36. The highest BCUT2D eigenvalue weighted by Gasteiger charge is 2.46. The van der Waals surface area contributed by atoms with Gasteiger partial charge in [-0.2, -0.15) is 5.10 Å². The molecule has 2 aromatic carbocycles. The van der Waals surface area contributed by atoms with Gasteiger partial charge in [0.05, 0.1) is 28.7 Å². The second-order valence-electron chi connectivity index (χ2n) is 8.45. The van der Waals surface area contributed by atoms with Gasteiger partial charge in [-0.3, -0.25) is 19.7 Å². The highest BCUT2D eigenvalue weighted by Crippen LogP contribution is 2.39. The Balaban J connectivity index is 1.72. The van der Waals surface area contributed by atoms with Crippen molar-refractivity contribution in [3.8, 4) is 22.5 Å². The summed E-state index contributed by atoms with van der Waals surface area (Å²) in [7, 11) is 0. The normalized spacial score (nSPS) is 14.5. The summed E-state index contributed by atoms with van der Waals surface area (Å²) in [5.41, 5.74) is 3.99. The van der Waals surface area contributed by atoms with Gasteiger partial charge in [0.25, 0.3) is 6.17 Å². The molecule has 0 fully saturated rings. The van der Waals surface area contributed by atoms with Crippen molar-refractivity contribution in [3.63, 3.8) is 0 Å². The van der Waals surface area contributed by atoms with Crippen molar-refractivity contribution < 1.29 is 9.48 Å². The molecule has 2 N–H and O–H groups in total. The Labute approximate surface area is 207 Å². The zero-order valence-electron chi connectivity index (χ0n) is 19.7. The van der Waals surface area contributed by atoms with E-state index in [2.05, 4.69) is 22.1 Å². The van der Waals surface area contributed by atoms with E-state index in [1.54, 1.807) is 15.8 Å². The average Bonchev–Trinajstić information content (AvgIpc) is 3.35. The van der Waals surface area contributed by atoms with Crippen LogP contribution in [0.1, 0.15) is 44.8 Å². The maximum absolute atomic E-state index is 13.4. The van der Waals surface area contributed by atoms with Crippen LogP contribution in [0.15, 0.2) is 70.7 Å². The zero-order chi connectivity index (χ0) is 24.4. The average molecular weight is 488 g/mol. The SMILES string of the molecule is CCCCCSc1n[n+]2c(c(=O)[nH]1)-c1ccccc1N(C(C)=O)C2c1cn[nH]c1-c1ccccc1. The van der Waals surface area contributed by atoms with Gasteiger partial charge in [0.1, 0.15) is 0 Å². The van der Waals surface area contributed by atoms with Crippen LogP contribution in [0.25, 0.3) is 22.5 Å². The molecule has 178 valence electrons. The predicted octanol–water partition coefficient (Wildman–Crippen LogP) is 4.31. The number of amides is 1. The largest absolute Gasteiger partial charge is 0.325 e. The molecule has 0 saturated carbocycles. The van der Waals surface area contributed by atoms with Crippen LogP contribution >= 0.6 is 11.8 Å². The van der Waals surface area contributed by atoms with Gasteiger partial charge in [-0.15, -0.1) is 0 Å². The number of nitrogens with one attached hydrogen (secondary N) is 2. The molecule has 2 aromatic heterocycles. The van der Waals surface area contributed by atoms with Gasteiger partial charge in [-0.1, -0.05) is 74.0 Å². The van der Waals surface area contributed by atoms with Crippen molar-refractivity contribution in [1.29, 1.82) is 0 Å². The molecule has 1 aliphatic rings. The number of H-pyrrole nitrogens is 2. The van der Waals surface area contributed by atoms with Crippen LogP contribution in [0.5, 0.6) is 0 Å². The number of hydrogen-bond donors (Lipinski definition) is 2. The maximum atomic E-state index is 13.4. The lowest BCUT2D eigenvalue weighted by molar-refractivity contribution is -0.763. The number of benzene rings is 2. The number of rotatable bonds is 7. The number of unbranched alkanes of at least 4 members (excludes halogenated alkanes) is 2. The number of carbonyl (C=O) groups excluding carboxylic acids is 1. The quantitative estimate of drug-likeness (QED) is 0.230. The Kier molecular flexibility index (Phi) is 6.50. The van der Waals surface area contributed by atoms with Gasteiger partial charge in [0.15, 0.2) is 0 Å². The minimum absolute atomic E-state index is 0.153. The van der Waals surface area contributed by atoms with E-state index in [0.29, 0.717) is 22.1 Å². The topological polar surface area (TPSA) is 98.6 Å². The number of carbonyl (C=O) groups is 1. The summed E-state index contributed by atoms with van der Waals surface area (Å²) in [5.74, 6) is 0.703. The molecule has 3 heterocycles. The van der Waals surface area contributed by atoms with Crippen molar-refractivity contribution in [3.05, 3.63) is 76.7 Å². The number of aromatic amines is 2. The van der Waals surface area contributed by atoms with E-state index >= 15 is 0 Å². The van der Waals surface area contributed by atoms with E-state index in [0.717, 1.165) is 41.8 Å². The molecule has 1 aliphatic heterocycles. The summed E-state index contributed by atoms with van der Waals surface area (Å²) in [4.78, 5) is 31.2. The van der Waals surface area contributed by atoms with E-state index in [-0.39, 0.29) is 11.5 Å². The monoisotopic (exact) mass is 487 g/mol. The predicted molar refractivity (Wildman–Crippen MR) is 136 cm³/mol. The molecule has 8 nitrogen and oxygen atoms in total. The van der Waals surface area contributed by atoms with Crippen molar-refractivity contribution in [2.45, 2.75) is 44.4 Å². The second-order valence-corrected chi connectivity index (χ2v) is 9.54. The lowest BCUT2D eigenvalue weighted by atomic mass is 10.00. The van der Waals surface area contributed by atoms with Gasteiger partial charge >= 0.3 is 11.3 Å². The van der Waals surface area contributed by atoms with Crippen LogP contribution < -0.4 is 15.1 Å². The van der Waals surface area contributed by atoms with Crippen LogP contribution in [0, 0.1) is 0 Å². The van der Waals surface area contributed by atoms with Gasteiger partial charge in [0, 0.05) is 23.3 Å². The van der Waals surface area contributed by atoms with Crippen molar-refractivity contribution in [2.75, 3.05) is 10.7 Å². The first kappa shape index (κ1) is 23.0. The van der Waals surface area contributed by atoms with Crippen LogP contribution in [-0.4, -0.2) is 31.9 Å². The Morgan fingerprint density at radius 3 is 2.66 bits per heavy atom. The highest BCUT2D eigenvalue weighted by molar-refractivity contribution is 7.99. The fraction of sp³-hybridized carbons (Fsp3) is 0.269. The summed E-state index contributed by atoms with van der Waals surface area (Å²) in [6, 6.07) is 17.3. The van der Waals surface area contributed by atoms with E-state index in [1.807, 2.05) is 54.6 Å². The van der Waals surface area contributed by atoms with Crippen LogP contribution in [0.3, 0.4) is 0 Å². The second kappa shape index (κ2) is 9.87. The molecule has 9 heteroatoms. The highest BCUT2D eigenvalue weighted by atomic mass is 32.2. The Bertz CT molecular complexity index is 1410. The molecule has 1 unspecified atom stereocenters. The number of fused-ring (bicyclic) bond motifs is 3. The van der Waals surface area contributed by atoms with E-state index in [4.69, 9.17) is 5.10 Å². The first-order valence-electron chi connectivity index (χ1n) is 11.8. The van der Waals surface area contributed by atoms with Crippen LogP contribution in [0.4, 0.5) is 5.69 Å². The molecule has 5 rings (SSSR count). The van der Waals surface area contributed by atoms with E-state index < -0.39 is 6.17 Å². The first-order chi connectivity index (χ1) is 17.1. The molecule has 4 aromatic rings. The van der Waals surface area contributed by atoms with Crippen LogP contribution in [0.2, 0.25) is 0 Å². The number of anilines is 1. The van der Waals surface area contributed by atoms with Crippen molar-refractivity contribution in [2.24, 2.45) is 0 Å². The Morgan fingerprint density at radius 2 is 1.89 bits per heavy atom. The summed E-state index contributed by atoms with van der Waals surface area (Å²) in [5, 5.41) is 12.8. The van der Waals surface area contributed by atoms with Gasteiger partial charge in [0.2, 0.25) is 11.1 Å².